The second kappa shape index (κ2) is 21.8. The molecule has 20 heteroatoms. The first-order valence-corrected chi connectivity index (χ1v) is 22.8. The van der Waals surface area contributed by atoms with E-state index in [9.17, 15) is 37.5 Å². The number of amidine groups is 2. The molecule has 0 aromatic heterocycles. The van der Waals surface area contributed by atoms with Crippen LogP contribution in [0.2, 0.25) is 0 Å². The van der Waals surface area contributed by atoms with Gasteiger partial charge in [0.05, 0.1) is 38.0 Å². The molecule has 3 heterocycles. The number of hydrogen-bond acceptors (Lipinski definition) is 15. The van der Waals surface area contributed by atoms with Gasteiger partial charge in [0.25, 0.3) is 21.9 Å². The van der Waals surface area contributed by atoms with E-state index in [0.717, 1.165) is 6.26 Å². The monoisotopic (exact) mass is 925 g/mol. The number of rotatable bonds is 14. The lowest BCUT2D eigenvalue weighted by Gasteiger charge is -2.38. The van der Waals surface area contributed by atoms with Crippen LogP contribution < -0.4 is 20.4 Å². The number of carbonyl (C=O) groups excluding carboxylic acids is 5. The smallest absolute Gasteiger partial charge is 0.414 e. The normalized spacial score (nSPS) is 18.0. The Labute approximate surface area is 381 Å². The number of hydrogen-bond donors (Lipinski definition) is 5. The number of nitrogens with zero attached hydrogens (tertiary/aromatic N) is 3. The second-order valence-corrected chi connectivity index (χ2v) is 17.4. The van der Waals surface area contributed by atoms with Gasteiger partial charge in [0.1, 0.15) is 30.5 Å². The summed E-state index contributed by atoms with van der Waals surface area (Å²) < 4.78 is 42.4. The van der Waals surface area contributed by atoms with E-state index in [-0.39, 0.29) is 43.3 Å². The van der Waals surface area contributed by atoms with Crippen molar-refractivity contribution in [3.63, 3.8) is 0 Å². The van der Waals surface area contributed by atoms with Crippen molar-refractivity contribution in [2.24, 2.45) is 0 Å². The van der Waals surface area contributed by atoms with Crippen molar-refractivity contribution in [3.8, 4) is 0 Å². The van der Waals surface area contributed by atoms with Crippen molar-refractivity contribution in [3.05, 3.63) is 131 Å². The number of benzene rings is 4. The van der Waals surface area contributed by atoms with Crippen molar-refractivity contribution in [1.82, 2.24) is 15.5 Å². The Morgan fingerprint density at radius 3 is 1.59 bits per heavy atom. The highest BCUT2D eigenvalue weighted by atomic mass is 32.2. The topological polar surface area (TPSA) is 258 Å². The fraction of sp³-hybridized carbons (Fsp3) is 0.326. The van der Waals surface area contributed by atoms with Gasteiger partial charge < -0.3 is 30.0 Å². The van der Waals surface area contributed by atoms with Gasteiger partial charge in [0, 0.05) is 53.3 Å². The van der Waals surface area contributed by atoms with Crippen molar-refractivity contribution < 1.29 is 55.9 Å². The fourth-order valence-electron chi connectivity index (χ4n) is 7.25. The molecular formula is C46H51N7O12S. The summed E-state index contributed by atoms with van der Waals surface area (Å²) in [4.78, 5) is 65.8. The maximum atomic E-state index is 12.5. The number of aliphatic hydroxyl groups is 1. The van der Waals surface area contributed by atoms with E-state index in [1.54, 1.807) is 115 Å². The van der Waals surface area contributed by atoms with Gasteiger partial charge in [-0.1, -0.05) is 36.4 Å². The Balaban J connectivity index is 0.000000225. The molecule has 0 bridgehead atoms. The zero-order chi connectivity index (χ0) is 47.4. The number of anilines is 2. The van der Waals surface area contributed by atoms with Crippen LogP contribution in [0.4, 0.5) is 21.0 Å². The minimum Gasteiger partial charge on any atom is -0.466 e. The highest BCUT2D eigenvalue weighted by molar-refractivity contribution is 7.86. The van der Waals surface area contributed by atoms with E-state index >= 15 is 0 Å². The summed E-state index contributed by atoms with van der Waals surface area (Å²) in [5.41, 5.74) is 1.98. The van der Waals surface area contributed by atoms with Crippen LogP contribution in [0.5, 0.6) is 0 Å². The third-order valence-corrected chi connectivity index (χ3v) is 11.3. The molecule has 4 amide bonds. The Morgan fingerprint density at radius 1 is 0.712 bits per heavy atom. The summed E-state index contributed by atoms with van der Waals surface area (Å²) >= 11 is 0. The molecule has 3 fully saturated rings. The van der Waals surface area contributed by atoms with Crippen molar-refractivity contribution >= 4 is 63.1 Å². The highest BCUT2D eigenvalue weighted by Gasteiger charge is 2.38. The predicted molar refractivity (Wildman–Crippen MR) is 242 cm³/mol. The molecular weight excluding hydrogens is 875 g/mol. The van der Waals surface area contributed by atoms with E-state index in [1.807, 2.05) is 6.07 Å². The summed E-state index contributed by atoms with van der Waals surface area (Å²) in [5.74, 6) is -1.25. The number of amides is 4. The first-order chi connectivity index (χ1) is 31.5. The number of esters is 1. The minimum atomic E-state index is -3.62. The summed E-state index contributed by atoms with van der Waals surface area (Å²) in [6.07, 6.45) is -0.286. The van der Waals surface area contributed by atoms with E-state index in [0.29, 0.717) is 79.3 Å². The number of nitrogens with one attached hydrogen (secondary N) is 4. The first kappa shape index (κ1) is 48.5. The molecule has 3 aliphatic heterocycles. The van der Waals surface area contributed by atoms with Crippen molar-refractivity contribution in [2.45, 2.75) is 44.0 Å². The quantitative estimate of drug-likeness (QED) is 0.0389. The molecule has 4 aromatic carbocycles. The summed E-state index contributed by atoms with van der Waals surface area (Å²) in [6, 6.07) is 30.4. The molecule has 0 saturated carbocycles. The Kier molecular flexibility index (Phi) is 16.0. The minimum absolute atomic E-state index is 0.00966. The number of ether oxygens (including phenoxy) is 3. The number of likely N-dealkylation sites (tertiary alicyclic amines) is 1. The summed E-state index contributed by atoms with van der Waals surface area (Å²) in [6.45, 7) is 4.01. The van der Waals surface area contributed by atoms with E-state index in [2.05, 4.69) is 19.7 Å². The average molecular weight is 926 g/mol. The Bertz CT molecular complexity index is 2500. The van der Waals surface area contributed by atoms with Crippen molar-refractivity contribution in [1.29, 1.82) is 10.8 Å². The standard InChI is InChI=1S/C27H32N4O6.C19H19N3O6S/c1-2-36-23(32)16-27(35)12-14-30(15-13-27)17-22-18-31(26(34)37-22)21-10-8-19(9-11-21)24(28)29-25(33)20-6-4-3-5-7-20;1-29(25,26)27-12-16-11-22(19(24)28-16)15-9-7-13(8-10-15)17(20)21-18(23)14-5-3-2-4-6-14/h3-11,22,35H,2,12-18H2,1H3,(H2,28,29,33);2-10,16H,11-12H2,1H3,(H2,20,21,23). The maximum Gasteiger partial charge on any atom is 0.414 e. The van der Waals surface area contributed by atoms with Crippen LogP contribution >= 0.6 is 0 Å². The maximum absolute atomic E-state index is 12.5. The second-order valence-electron chi connectivity index (χ2n) is 15.7. The largest absolute Gasteiger partial charge is 0.466 e. The molecule has 3 saturated heterocycles. The lowest BCUT2D eigenvalue weighted by molar-refractivity contribution is -0.150. The molecule has 0 radical (unpaired) electrons. The van der Waals surface area contributed by atoms with Gasteiger partial charge in [-0.25, -0.2) is 9.59 Å². The molecule has 19 nitrogen and oxygen atoms in total. The van der Waals surface area contributed by atoms with Gasteiger partial charge in [0.2, 0.25) is 0 Å². The molecule has 0 spiro atoms. The molecule has 4 aromatic rings. The van der Waals surface area contributed by atoms with Gasteiger partial charge >= 0.3 is 18.2 Å². The van der Waals surface area contributed by atoms with Crippen molar-refractivity contribution in [2.75, 3.05) is 62.0 Å². The van der Waals surface area contributed by atoms with Crippen LogP contribution in [0.25, 0.3) is 0 Å². The highest BCUT2D eigenvalue weighted by Crippen LogP contribution is 2.28. The lowest BCUT2D eigenvalue weighted by Crippen LogP contribution is -2.48. The lowest BCUT2D eigenvalue weighted by atomic mass is 9.88. The van der Waals surface area contributed by atoms with Gasteiger partial charge in [-0.15, -0.1) is 0 Å². The number of carbonyl (C=O) groups is 5. The Hall–Kier alpha value is -7.00. The van der Waals surface area contributed by atoms with E-state index in [1.165, 1.54) is 4.90 Å². The molecule has 66 heavy (non-hydrogen) atoms. The van der Waals surface area contributed by atoms with Crippen LogP contribution in [-0.4, -0.2) is 130 Å². The molecule has 0 aliphatic carbocycles. The summed E-state index contributed by atoms with van der Waals surface area (Å²) in [5, 5.41) is 32.0. The fourth-order valence-corrected chi connectivity index (χ4v) is 7.65. The zero-order valence-electron chi connectivity index (χ0n) is 36.3. The van der Waals surface area contributed by atoms with Crippen LogP contribution in [0.3, 0.4) is 0 Å². The predicted octanol–water partition coefficient (Wildman–Crippen LogP) is 4.29. The van der Waals surface area contributed by atoms with E-state index in [4.69, 9.17) is 25.0 Å². The molecule has 348 valence electrons. The summed E-state index contributed by atoms with van der Waals surface area (Å²) in [7, 11) is -3.62. The molecule has 2 atom stereocenters. The third kappa shape index (κ3) is 13.5. The first-order valence-electron chi connectivity index (χ1n) is 21.0. The van der Waals surface area contributed by atoms with Crippen LogP contribution in [0, 0.1) is 10.8 Å². The SMILES string of the molecule is CCOC(=O)CC1(O)CCN(CC2CN(c3ccc(C(=N)NC(=O)c4ccccc4)cc3)C(=O)O2)CC1.CS(=O)(=O)OCC1CN(c2ccc(C(=N)NC(=O)c3ccccc3)cc2)C(=O)O1. The molecule has 5 N–H and O–H groups in total. The molecule has 7 rings (SSSR count). The third-order valence-electron chi connectivity index (χ3n) is 10.7. The van der Waals surface area contributed by atoms with Crippen LogP contribution in [0.1, 0.15) is 58.0 Å². The number of cyclic esters (lactones) is 2. The average Bonchev–Trinajstić information content (AvgIpc) is 3.87. The van der Waals surface area contributed by atoms with Gasteiger partial charge in [-0.05, 0) is 92.6 Å². The number of piperidine rings is 1. The molecule has 3 aliphatic rings. The van der Waals surface area contributed by atoms with E-state index < -0.39 is 45.9 Å². The van der Waals surface area contributed by atoms with Gasteiger partial charge in [-0.3, -0.25) is 44.1 Å². The van der Waals surface area contributed by atoms with Crippen LogP contribution in [-0.2, 0) is 33.3 Å². The van der Waals surface area contributed by atoms with Crippen LogP contribution in [0.15, 0.2) is 109 Å². The van der Waals surface area contributed by atoms with Gasteiger partial charge in [0.15, 0.2) is 0 Å². The zero-order valence-corrected chi connectivity index (χ0v) is 37.1. The molecule has 2 unspecified atom stereocenters. The Morgan fingerprint density at radius 2 is 1.15 bits per heavy atom. The van der Waals surface area contributed by atoms with Gasteiger partial charge in [-0.2, -0.15) is 8.42 Å².